The van der Waals surface area contributed by atoms with E-state index in [0.717, 1.165) is 11.1 Å². The lowest BCUT2D eigenvalue weighted by Gasteiger charge is -2.26. The monoisotopic (exact) mass is 467 g/mol. The van der Waals surface area contributed by atoms with Crippen molar-refractivity contribution in [3.8, 4) is 0 Å². The third-order valence-electron chi connectivity index (χ3n) is 5.60. The van der Waals surface area contributed by atoms with Crippen molar-refractivity contribution in [2.24, 2.45) is 5.92 Å². The van der Waals surface area contributed by atoms with Crippen molar-refractivity contribution in [1.29, 1.82) is 0 Å². The summed E-state index contributed by atoms with van der Waals surface area (Å²) in [6.07, 6.45) is 0. The standard InChI is InChI=1S/C29H22ClNO3/c30-23-16-18-24(19-17-23)31-29(34)28(33)26(27(32)22-14-8-3-9-15-22)25(20-10-4-1-5-11-20)21-12-6-2-7-13-21/h1-19,25-26H,(H,31,34). The number of amides is 1. The number of hydrogen-bond acceptors (Lipinski definition) is 3. The zero-order chi connectivity index (χ0) is 23.9. The molecule has 0 fully saturated rings. The molecule has 0 saturated heterocycles. The maximum absolute atomic E-state index is 13.8. The van der Waals surface area contributed by atoms with Crippen LogP contribution in [0.3, 0.4) is 0 Å². The van der Waals surface area contributed by atoms with Crippen LogP contribution in [-0.4, -0.2) is 17.5 Å². The summed E-state index contributed by atoms with van der Waals surface area (Å²) in [6.45, 7) is 0. The molecular weight excluding hydrogens is 446 g/mol. The molecule has 1 unspecified atom stereocenters. The Kier molecular flexibility index (Phi) is 7.31. The molecule has 4 aromatic carbocycles. The Morgan fingerprint density at radius 1 is 0.618 bits per heavy atom. The number of rotatable bonds is 8. The predicted octanol–water partition coefficient (Wildman–Crippen LogP) is 6.18. The van der Waals surface area contributed by atoms with Gasteiger partial charge in [-0.1, -0.05) is 103 Å². The second kappa shape index (κ2) is 10.7. The number of carbonyl (C=O) groups is 3. The Bertz CT molecular complexity index is 1230. The van der Waals surface area contributed by atoms with Crippen LogP contribution in [0.1, 0.15) is 27.4 Å². The molecule has 0 aliphatic heterocycles. The maximum atomic E-state index is 13.8. The highest BCUT2D eigenvalue weighted by molar-refractivity contribution is 6.45. The first kappa shape index (κ1) is 23.1. The summed E-state index contributed by atoms with van der Waals surface area (Å²) >= 11 is 5.92. The predicted molar refractivity (Wildman–Crippen MR) is 134 cm³/mol. The Labute approximate surface area is 203 Å². The Hall–Kier alpha value is -4.02. The van der Waals surface area contributed by atoms with Gasteiger partial charge in [-0.2, -0.15) is 0 Å². The molecule has 0 saturated carbocycles. The summed E-state index contributed by atoms with van der Waals surface area (Å²) in [4.78, 5) is 40.5. The average molecular weight is 468 g/mol. The van der Waals surface area contributed by atoms with Gasteiger partial charge in [0.15, 0.2) is 5.78 Å². The summed E-state index contributed by atoms with van der Waals surface area (Å²) < 4.78 is 0. The van der Waals surface area contributed by atoms with E-state index in [1.807, 2.05) is 60.7 Å². The van der Waals surface area contributed by atoms with Crippen LogP contribution in [0.15, 0.2) is 115 Å². The van der Waals surface area contributed by atoms with Gasteiger partial charge in [-0.05, 0) is 35.4 Å². The minimum Gasteiger partial charge on any atom is -0.319 e. The van der Waals surface area contributed by atoms with Crippen LogP contribution < -0.4 is 5.32 Å². The van der Waals surface area contributed by atoms with Crippen LogP contribution >= 0.6 is 11.6 Å². The number of Topliss-reactive ketones (excluding diaryl/α,β-unsaturated/α-hetero) is 2. The lowest BCUT2D eigenvalue weighted by molar-refractivity contribution is -0.136. The van der Waals surface area contributed by atoms with Gasteiger partial charge in [0.1, 0.15) is 5.92 Å². The Morgan fingerprint density at radius 2 is 1.09 bits per heavy atom. The molecule has 1 amide bonds. The van der Waals surface area contributed by atoms with Crippen molar-refractivity contribution in [2.45, 2.75) is 5.92 Å². The molecule has 0 aliphatic rings. The van der Waals surface area contributed by atoms with E-state index < -0.39 is 29.3 Å². The first-order valence-corrected chi connectivity index (χ1v) is 11.2. The number of benzene rings is 4. The third kappa shape index (κ3) is 5.30. The normalized spacial score (nSPS) is 11.6. The van der Waals surface area contributed by atoms with Crippen molar-refractivity contribution in [1.82, 2.24) is 0 Å². The first-order chi connectivity index (χ1) is 16.5. The van der Waals surface area contributed by atoms with Crippen molar-refractivity contribution >= 4 is 34.8 Å². The van der Waals surface area contributed by atoms with Gasteiger partial charge >= 0.3 is 0 Å². The van der Waals surface area contributed by atoms with Gasteiger partial charge in [0.25, 0.3) is 5.91 Å². The summed E-state index contributed by atoms with van der Waals surface area (Å²) in [6, 6.07) is 33.7. The summed E-state index contributed by atoms with van der Waals surface area (Å²) in [5, 5.41) is 3.12. The second-order valence-electron chi connectivity index (χ2n) is 7.83. The number of halogens is 1. The van der Waals surface area contributed by atoms with E-state index in [1.54, 1.807) is 54.6 Å². The zero-order valence-electron chi connectivity index (χ0n) is 18.2. The van der Waals surface area contributed by atoms with Crippen LogP contribution in [-0.2, 0) is 9.59 Å². The molecule has 0 radical (unpaired) electrons. The fraction of sp³-hybridized carbons (Fsp3) is 0.0690. The third-order valence-corrected chi connectivity index (χ3v) is 5.85. The molecule has 0 heterocycles. The SMILES string of the molecule is O=C(Nc1ccc(Cl)cc1)C(=O)C(C(=O)c1ccccc1)C(c1ccccc1)c1ccccc1. The molecule has 0 bridgehead atoms. The summed E-state index contributed by atoms with van der Waals surface area (Å²) in [7, 11) is 0. The second-order valence-corrected chi connectivity index (χ2v) is 8.27. The molecule has 0 spiro atoms. The van der Waals surface area contributed by atoms with Crippen LogP contribution in [0.2, 0.25) is 5.02 Å². The highest BCUT2D eigenvalue weighted by Crippen LogP contribution is 2.35. The van der Waals surface area contributed by atoms with Gasteiger partial charge in [-0.25, -0.2) is 0 Å². The van der Waals surface area contributed by atoms with Gasteiger partial charge in [0.2, 0.25) is 5.78 Å². The van der Waals surface area contributed by atoms with E-state index in [4.69, 9.17) is 11.6 Å². The van der Waals surface area contributed by atoms with Gasteiger partial charge in [0, 0.05) is 22.2 Å². The van der Waals surface area contributed by atoms with E-state index in [-0.39, 0.29) is 0 Å². The largest absolute Gasteiger partial charge is 0.319 e. The first-order valence-electron chi connectivity index (χ1n) is 10.8. The number of ketones is 2. The van der Waals surface area contributed by atoms with Crippen molar-refractivity contribution < 1.29 is 14.4 Å². The van der Waals surface area contributed by atoms with Gasteiger partial charge in [-0.15, -0.1) is 0 Å². The van der Waals surface area contributed by atoms with Gasteiger partial charge < -0.3 is 5.32 Å². The van der Waals surface area contributed by atoms with Crippen molar-refractivity contribution in [3.63, 3.8) is 0 Å². The fourth-order valence-electron chi connectivity index (χ4n) is 3.97. The lowest BCUT2D eigenvalue weighted by Crippen LogP contribution is -2.38. The summed E-state index contributed by atoms with van der Waals surface area (Å²) in [5.74, 6) is -3.96. The number of hydrogen-bond donors (Lipinski definition) is 1. The van der Waals surface area contributed by atoms with Crippen LogP contribution in [0, 0.1) is 5.92 Å². The van der Waals surface area contributed by atoms with E-state index in [2.05, 4.69) is 5.32 Å². The summed E-state index contributed by atoms with van der Waals surface area (Å²) in [5.41, 5.74) is 2.34. The number of anilines is 1. The lowest BCUT2D eigenvalue weighted by atomic mass is 9.74. The molecule has 1 N–H and O–H groups in total. The van der Waals surface area contributed by atoms with Crippen LogP contribution in [0.5, 0.6) is 0 Å². The minimum atomic E-state index is -1.25. The molecule has 5 heteroatoms. The molecular formula is C29H22ClNO3. The molecule has 0 aliphatic carbocycles. The van der Waals surface area contributed by atoms with E-state index >= 15 is 0 Å². The Balaban J connectivity index is 1.79. The number of nitrogens with one attached hydrogen (secondary N) is 1. The smallest absolute Gasteiger partial charge is 0.292 e. The highest BCUT2D eigenvalue weighted by atomic mass is 35.5. The van der Waals surface area contributed by atoms with Crippen molar-refractivity contribution in [3.05, 3.63) is 137 Å². The molecule has 1 atom stereocenters. The van der Waals surface area contributed by atoms with E-state index in [0.29, 0.717) is 16.3 Å². The molecule has 4 aromatic rings. The van der Waals surface area contributed by atoms with Crippen LogP contribution in [0.25, 0.3) is 0 Å². The molecule has 34 heavy (non-hydrogen) atoms. The average Bonchev–Trinajstić information content (AvgIpc) is 2.89. The molecule has 0 aromatic heterocycles. The van der Waals surface area contributed by atoms with Crippen molar-refractivity contribution in [2.75, 3.05) is 5.32 Å². The van der Waals surface area contributed by atoms with Gasteiger partial charge in [-0.3, -0.25) is 14.4 Å². The molecule has 4 nitrogen and oxygen atoms in total. The van der Waals surface area contributed by atoms with Gasteiger partial charge in [0.05, 0.1) is 0 Å². The minimum absolute atomic E-state index is 0.372. The molecule has 168 valence electrons. The quantitative estimate of drug-likeness (QED) is 0.191. The highest BCUT2D eigenvalue weighted by Gasteiger charge is 2.40. The maximum Gasteiger partial charge on any atom is 0.292 e. The van der Waals surface area contributed by atoms with E-state index in [9.17, 15) is 14.4 Å². The van der Waals surface area contributed by atoms with E-state index in [1.165, 1.54) is 0 Å². The molecule has 4 rings (SSSR count). The number of carbonyl (C=O) groups excluding carboxylic acids is 3. The topological polar surface area (TPSA) is 63.2 Å². The zero-order valence-corrected chi connectivity index (χ0v) is 19.0. The Morgan fingerprint density at radius 3 is 1.59 bits per heavy atom. The van der Waals surface area contributed by atoms with Crippen LogP contribution in [0.4, 0.5) is 5.69 Å². The fourth-order valence-corrected chi connectivity index (χ4v) is 4.10.